The highest BCUT2D eigenvalue weighted by Gasteiger charge is 2.21. The number of para-hydroxylation sites is 1. The number of nitrogens with one attached hydrogen (secondary N) is 1. The van der Waals surface area contributed by atoms with Crippen LogP contribution in [-0.2, 0) is 14.9 Å². The predicted molar refractivity (Wildman–Crippen MR) is 120 cm³/mol. The van der Waals surface area contributed by atoms with Crippen LogP contribution in [0.2, 0.25) is 5.02 Å². The van der Waals surface area contributed by atoms with Crippen molar-refractivity contribution in [2.75, 3.05) is 13.7 Å². The highest BCUT2D eigenvalue weighted by Crippen LogP contribution is 2.32. The first-order valence-electron chi connectivity index (χ1n) is 9.26. The zero-order chi connectivity index (χ0) is 23.0. The molecular weight excluding hydrogens is 456 g/mol. The fourth-order valence-corrected chi connectivity index (χ4v) is 3.63. The molecule has 0 saturated carbocycles. The minimum absolute atomic E-state index is 0.0126. The molecule has 0 aliphatic carbocycles. The smallest absolute Gasteiger partial charge is 0.339 e. The molecule has 166 valence electrons. The number of carbonyl (C=O) groups is 1. The number of nitrogens with zero attached hydrogens (tertiary/aromatic N) is 1. The van der Waals surface area contributed by atoms with E-state index in [1.54, 1.807) is 60.7 Å². The fraction of sp³-hybridized carbons (Fsp3) is 0.0909. The Hall–Kier alpha value is -3.56. The second kappa shape index (κ2) is 10.7. The van der Waals surface area contributed by atoms with Crippen LogP contribution in [0.4, 0.5) is 0 Å². The van der Waals surface area contributed by atoms with Crippen LogP contribution in [0.25, 0.3) is 0 Å². The summed E-state index contributed by atoms with van der Waals surface area (Å²) in [5.41, 5.74) is 2.59. The van der Waals surface area contributed by atoms with Gasteiger partial charge in [0.25, 0.3) is 5.91 Å². The van der Waals surface area contributed by atoms with E-state index in [1.165, 1.54) is 25.5 Å². The minimum atomic E-state index is -4.11. The van der Waals surface area contributed by atoms with Gasteiger partial charge in [0.2, 0.25) is 0 Å². The number of hydrogen-bond acceptors (Lipinski definition) is 7. The molecule has 0 unspecified atom stereocenters. The average molecular weight is 475 g/mol. The van der Waals surface area contributed by atoms with Crippen molar-refractivity contribution in [3.05, 3.63) is 83.4 Å². The fourth-order valence-electron chi connectivity index (χ4n) is 2.52. The summed E-state index contributed by atoms with van der Waals surface area (Å²) >= 11 is 5.80. The molecule has 0 aliphatic rings. The van der Waals surface area contributed by atoms with Gasteiger partial charge in [0, 0.05) is 10.6 Å². The van der Waals surface area contributed by atoms with Crippen molar-refractivity contribution < 1.29 is 26.9 Å². The first-order chi connectivity index (χ1) is 15.4. The number of amides is 1. The molecule has 3 aromatic rings. The summed E-state index contributed by atoms with van der Waals surface area (Å²) in [7, 11) is -2.73. The van der Waals surface area contributed by atoms with Gasteiger partial charge in [-0.3, -0.25) is 4.79 Å². The Bertz CT molecular complexity index is 1200. The summed E-state index contributed by atoms with van der Waals surface area (Å²) in [5.74, 6) is 0.0849. The van der Waals surface area contributed by atoms with Crippen molar-refractivity contribution in [1.29, 1.82) is 0 Å². The Morgan fingerprint density at radius 1 is 1.03 bits per heavy atom. The summed E-state index contributed by atoms with van der Waals surface area (Å²) in [6.45, 7) is -0.275. The molecule has 0 atom stereocenters. The van der Waals surface area contributed by atoms with Gasteiger partial charge in [-0.05, 0) is 48.5 Å². The standard InChI is InChI=1S/C22H19ClN2O6S/c1-29-20-9-5-6-16(22(20)31-32(27,28)19-7-3-2-4-8-19)14-24-25-21(26)15-30-18-12-10-17(23)11-13-18/h2-14H,15H2,1H3,(H,25,26)/b24-14-. The molecule has 0 radical (unpaired) electrons. The average Bonchev–Trinajstić information content (AvgIpc) is 2.80. The lowest BCUT2D eigenvalue weighted by atomic mass is 10.2. The third-order valence-corrected chi connectivity index (χ3v) is 5.52. The Labute approximate surface area is 190 Å². The molecule has 3 aromatic carbocycles. The number of hydrogen-bond donors (Lipinski definition) is 1. The summed E-state index contributed by atoms with van der Waals surface area (Å²) in [6.07, 6.45) is 1.25. The zero-order valence-electron chi connectivity index (χ0n) is 16.9. The second-order valence-corrected chi connectivity index (χ2v) is 8.25. The van der Waals surface area contributed by atoms with Crippen molar-refractivity contribution in [2.24, 2.45) is 5.10 Å². The number of halogens is 1. The van der Waals surface area contributed by atoms with Crippen molar-refractivity contribution in [3.63, 3.8) is 0 Å². The number of carbonyl (C=O) groups excluding carboxylic acids is 1. The van der Waals surface area contributed by atoms with Gasteiger partial charge in [-0.15, -0.1) is 0 Å². The van der Waals surface area contributed by atoms with Gasteiger partial charge in [0.15, 0.2) is 18.1 Å². The molecule has 1 amide bonds. The van der Waals surface area contributed by atoms with Crippen molar-refractivity contribution in [3.8, 4) is 17.2 Å². The quantitative estimate of drug-likeness (QED) is 0.288. The van der Waals surface area contributed by atoms with Crippen LogP contribution >= 0.6 is 11.6 Å². The Morgan fingerprint density at radius 3 is 2.44 bits per heavy atom. The van der Waals surface area contributed by atoms with E-state index in [4.69, 9.17) is 25.3 Å². The molecule has 0 fully saturated rings. The molecule has 0 saturated heterocycles. The third kappa shape index (κ3) is 6.22. The van der Waals surface area contributed by atoms with E-state index in [1.807, 2.05) is 0 Å². The predicted octanol–water partition coefficient (Wildman–Crippen LogP) is 3.65. The summed E-state index contributed by atoms with van der Waals surface area (Å²) in [5, 5.41) is 4.40. The van der Waals surface area contributed by atoms with Crippen molar-refractivity contribution >= 4 is 33.8 Å². The van der Waals surface area contributed by atoms with Gasteiger partial charge < -0.3 is 13.7 Å². The maximum atomic E-state index is 12.6. The van der Waals surface area contributed by atoms with Gasteiger partial charge >= 0.3 is 10.1 Å². The van der Waals surface area contributed by atoms with Crippen LogP contribution in [0, 0.1) is 0 Å². The number of hydrazone groups is 1. The van der Waals surface area contributed by atoms with Crippen LogP contribution in [-0.4, -0.2) is 34.3 Å². The first kappa shape index (κ1) is 23.1. The van der Waals surface area contributed by atoms with Gasteiger partial charge in [0.05, 0.1) is 13.3 Å². The molecule has 0 aromatic heterocycles. The largest absolute Gasteiger partial charge is 0.493 e. The van der Waals surface area contributed by atoms with Crippen LogP contribution in [0.15, 0.2) is 82.8 Å². The van der Waals surface area contributed by atoms with Gasteiger partial charge in [-0.1, -0.05) is 35.9 Å². The highest BCUT2D eigenvalue weighted by atomic mass is 35.5. The van der Waals surface area contributed by atoms with E-state index >= 15 is 0 Å². The SMILES string of the molecule is COc1cccc(/C=N\NC(=O)COc2ccc(Cl)cc2)c1OS(=O)(=O)c1ccccc1. The molecular formula is C22H19ClN2O6S. The normalized spacial score (nSPS) is 11.2. The Morgan fingerprint density at radius 2 is 1.75 bits per heavy atom. The monoisotopic (exact) mass is 474 g/mol. The van der Waals surface area contributed by atoms with Crippen LogP contribution in [0.1, 0.15) is 5.56 Å². The second-order valence-electron chi connectivity index (χ2n) is 6.26. The molecule has 8 nitrogen and oxygen atoms in total. The van der Waals surface area contributed by atoms with E-state index in [2.05, 4.69) is 10.5 Å². The van der Waals surface area contributed by atoms with E-state index in [-0.39, 0.29) is 28.6 Å². The van der Waals surface area contributed by atoms with E-state index < -0.39 is 16.0 Å². The van der Waals surface area contributed by atoms with E-state index in [9.17, 15) is 13.2 Å². The van der Waals surface area contributed by atoms with Gasteiger partial charge in [0.1, 0.15) is 10.6 Å². The topological polar surface area (TPSA) is 103 Å². The maximum absolute atomic E-state index is 12.6. The lowest BCUT2D eigenvalue weighted by molar-refractivity contribution is -0.123. The van der Waals surface area contributed by atoms with Crippen LogP contribution in [0.5, 0.6) is 17.2 Å². The molecule has 0 spiro atoms. The van der Waals surface area contributed by atoms with E-state index in [0.29, 0.717) is 10.8 Å². The molecule has 32 heavy (non-hydrogen) atoms. The number of benzene rings is 3. The number of ether oxygens (including phenoxy) is 2. The lowest BCUT2D eigenvalue weighted by Gasteiger charge is -2.13. The van der Waals surface area contributed by atoms with Crippen molar-refractivity contribution in [1.82, 2.24) is 5.43 Å². The Balaban J connectivity index is 1.70. The molecule has 1 N–H and O–H groups in total. The summed E-state index contributed by atoms with van der Waals surface area (Å²) < 4.78 is 41.1. The van der Waals surface area contributed by atoms with Gasteiger partial charge in [-0.25, -0.2) is 5.43 Å². The van der Waals surface area contributed by atoms with Gasteiger partial charge in [-0.2, -0.15) is 13.5 Å². The first-order valence-corrected chi connectivity index (χ1v) is 11.0. The summed E-state index contributed by atoms with van der Waals surface area (Å²) in [6, 6.07) is 19.0. The number of methoxy groups -OCH3 is 1. The molecule has 0 aliphatic heterocycles. The molecule has 10 heteroatoms. The molecule has 3 rings (SSSR count). The highest BCUT2D eigenvalue weighted by molar-refractivity contribution is 7.87. The third-order valence-electron chi connectivity index (χ3n) is 4.03. The maximum Gasteiger partial charge on any atom is 0.339 e. The zero-order valence-corrected chi connectivity index (χ0v) is 18.5. The van der Waals surface area contributed by atoms with E-state index in [0.717, 1.165) is 0 Å². The minimum Gasteiger partial charge on any atom is -0.493 e. The molecule has 0 bridgehead atoms. The summed E-state index contributed by atoms with van der Waals surface area (Å²) in [4.78, 5) is 12.0. The number of rotatable bonds is 9. The molecule has 0 heterocycles. The lowest BCUT2D eigenvalue weighted by Crippen LogP contribution is -2.24. The van der Waals surface area contributed by atoms with Crippen LogP contribution in [0.3, 0.4) is 0 Å². The van der Waals surface area contributed by atoms with Crippen molar-refractivity contribution in [2.45, 2.75) is 4.90 Å². The van der Waals surface area contributed by atoms with Crippen LogP contribution < -0.4 is 19.1 Å². The Kier molecular flexibility index (Phi) is 7.69.